The second kappa shape index (κ2) is 9.28. The van der Waals surface area contributed by atoms with Crippen molar-refractivity contribution in [2.75, 3.05) is 6.61 Å². The minimum absolute atomic E-state index is 0.0111. The molecule has 1 amide bonds. The third kappa shape index (κ3) is 4.58. The van der Waals surface area contributed by atoms with Gasteiger partial charge in [0.25, 0.3) is 5.91 Å². The summed E-state index contributed by atoms with van der Waals surface area (Å²) in [5.41, 5.74) is 0.444. The lowest BCUT2D eigenvalue weighted by Crippen LogP contribution is -2.35. The molecule has 1 unspecified atom stereocenters. The van der Waals surface area contributed by atoms with E-state index in [9.17, 15) is 9.59 Å². The van der Waals surface area contributed by atoms with Crippen LogP contribution in [0.25, 0.3) is 0 Å². The van der Waals surface area contributed by atoms with Crippen molar-refractivity contribution in [2.45, 2.75) is 65.1 Å². The quantitative estimate of drug-likeness (QED) is 0.766. The molecule has 2 heterocycles. The summed E-state index contributed by atoms with van der Waals surface area (Å²) >= 11 is 6.23. The van der Waals surface area contributed by atoms with Crippen LogP contribution in [-0.4, -0.2) is 32.9 Å². The first kappa shape index (κ1) is 20.5. The molecule has 1 atom stereocenters. The molecule has 0 radical (unpaired) electrons. The number of aryl methyl sites for hydroxylation is 2. The fraction of sp³-hybridized carbons (Fsp3) is 0.550. The number of aromatic nitrogens is 3. The number of halogens is 1. The predicted molar refractivity (Wildman–Crippen MR) is 108 cm³/mol. The number of benzene rings is 1. The van der Waals surface area contributed by atoms with Gasteiger partial charge in [0.05, 0.1) is 11.6 Å². The number of fused-ring (bicyclic) bond motifs is 1. The molecule has 1 aliphatic rings. The van der Waals surface area contributed by atoms with Gasteiger partial charge in [-0.25, -0.2) is 9.48 Å². The Labute approximate surface area is 169 Å². The van der Waals surface area contributed by atoms with E-state index in [2.05, 4.69) is 10.4 Å². The van der Waals surface area contributed by atoms with E-state index in [1.54, 1.807) is 27.4 Å². The number of hydrogen-bond acceptors (Lipinski definition) is 4. The van der Waals surface area contributed by atoms with Gasteiger partial charge in [0.15, 0.2) is 0 Å². The van der Waals surface area contributed by atoms with Crippen LogP contribution in [0.2, 0.25) is 5.02 Å². The predicted octanol–water partition coefficient (Wildman–Crippen LogP) is 3.03. The molecular weight excluding hydrogens is 380 g/mol. The van der Waals surface area contributed by atoms with Crippen molar-refractivity contribution in [2.24, 2.45) is 0 Å². The Morgan fingerprint density at radius 3 is 2.86 bits per heavy atom. The Bertz CT molecular complexity index is 890. The fourth-order valence-corrected chi connectivity index (χ4v) is 3.60. The van der Waals surface area contributed by atoms with E-state index < -0.39 is 0 Å². The summed E-state index contributed by atoms with van der Waals surface area (Å²) in [6.07, 6.45) is 3.88. The number of carbonyl (C=O) groups excluding carboxylic acids is 1. The first-order chi connectivity index (χ1) is 13.5. The van der Waals surface area contributed by atoms with Crippen molar-refractivity contribution in [1.29, 1.82) is 0 Å². The summed E-state index contributed by atoms with van der Waals surface area (Å²) in [7, 11) is 0. The highest BCUT2D eigenvalue weighted by molar-refractivity contribution is 6.32. The first-order valence-corrected chi connectivity index (χ1v) is 10.3. The monoisotopic (exact) mass is 406 g/mol. The first-order valence-electron chi connectivity index (χ1n) is 9.93. The summed E-state index contributed by atoms with van der Waals surface area (Å²) in [4.78, 5) is 25.0. The van der Waals surface area contributed by atoms with Crippen LogP contribution in [0.4, 0.5) is 0 Å². The van der Waals surface area contributed by atoms with Crippen LogP contribution in [0.15, 0.2) is 23.0 Å². The lowest BCUT2D eigenvalue weighted by molar-refractivity contribution is 0.0933. The molecule has 1 aliphatic heterocycles. The molecule has 152 valence electrons. The van der Waals surface area contributed by atoms with Crippen molar-refractivity contribution in [3.05, 3.63) is 45.1 Å². The van der Waals surface area contributed by atoms with Crippen LogP contribution in [-0.2, 0) is 19.5 Å². The Hall–Kier alpha value is -2.28. The maximum atomic E-state index is 12.6. The highest BCUT2D eigenvalue weighted by atomic mass is 35.5. The molecule has 0 saturated carbocycles. The van der Waals surface area contributed by atoms with Crippen molar-refractivity contribution in [3.8, 4) is 5.75 Å². The van der Waals surface area contributed by atoms with Crippen LogP contribution >= 0.6 is 11.6 Å². The van der Waals surface area contributed by atoms with Crippen molar-refractivity contribution < 1.29 is 9.53 Å². The van der Waals surface area contributed by atoms with Gasteiger partial charge < -0.3 is 10.1 Å². The smallest absolute Gasteiger partial charge is 0.345 e. The van der Waals surface area contributed by atoms with Gasteiger partial charge in [-0.15, -0.1) is 0 Å². The van der Waals surface area contributed by atoms with Crippen LogP contribution in [0.5, 0.6) is 5.75 Å². The van der Waals surface area contributed by atoms with Gasteiger partial charge in [0.2, 0.25) is 0 Å². The second-order valence-corrected chi connectivity index (χ2v) is 7.47. The molecule has 0 aliphatic carbocycles. The van der Waals surface area contributed by atoms with Crippen molar-refractivity contribution in [1.82, 2.24) is 19.7 Å². The summed E-state index contributed by atoms with van der Waals surface area (Å²) in [6, 6.07) is 5.07. The lowest BCUT2D eigenvalue weighted by Gasteiger charge is -2.16. The molecule has 7 nitrogen and oxygen atoms in total. The standard InChI is InChI=1S/C20H27ClN4O3/c1-3-10-25-20(27)24-11-9-15(6-8-18(24)23-25)22-19(26)14-5-7-17(16(21)13-14)28-12-4-2/h5,7,13,15H,3-4,6,8-12H2,1-2H3,(H,22,26). The molecule has 3 rings (SSSR count). The van der Waals surface area contributed by atoms with Gasteiger partial charge in [-0.2, -0.15) is 5.10 Å². The van der Waals surface area contributed by atoms with Gasteiger partial charge in [-0.1, -0.05) is 25.4 Å². The fourth-order valence-electron chi connectivity index (χ4n) is 3.37. The zero-order valence-corrected chi connectivity index (χ0v) is 17.2. The highest BCUT2D eigenvalue weighted by Gasteiger charge is 2.22. The zero-order valence-electron chi connectivity index (χ0n) is 16.4. The average molecular weight is 407 g/mol. The van der Waals surface area contributed by atoms with E-state index in [4.69, 9.17) is 16.3 Å². The maximum Gasteiger partial charge on any atom is 0.345 e. The van der Waals surface area contributed by atoms with Gasteiger partial charge in [0, 0.05) is 31.1 Å². The van der Waals surface area contributed by atoms with Gasteiger partial charge in [-0.05, 0) is 43.9 Å². The molecule has 0 spiro atoms. The van der Waals surface area contributed by atoms with Crippen LogP contribution < -0.4 is 15.7 Å². The molecule has 2 aromatic rings. The molecule has 8 heteroatoms. The number of hydrogen-bond donors (Lipinski definition) is 1. The number of amides is 1. The minimum Gasteiger partial charge on any atom is -0.492 e. The van der Waals surface area contributed by atoms with Gasteiger partial charge in [-0.3, -0.25) is 9.36 Å². The molecule has 1 aromatic heterocycles. The number of ether oxygens (including phenoxy) is 1. The highest BCUT2D eigenvalue weighted by Crippen LogP contribution is 2.26. The van der Waals surface area contributed by atoms with E-state index >= 15 is 0 Å². The largest absolute Gasteiger partial charge is 0.492 e. The molecule has 1 N–H and O–H groups in total. The molecule has 0 saturated heterocycles. The summed E-state index contributed by atoms with van der Waals surface area (Å²) in [5.74, 6) is 1.22. The third-order valence-corrected chi connectivity index (χ3v) is 5.14. The van der Waals surface area contributed by atoms with Crippen molar-refractivity contribution in [3.63, 3.8) is 0 Å². The topological polar surface area (TPSA) is 78.2 Å². The number of rotatable bonds is 7. The molecule has 28 heavy (non-hydrogen) atoms. The van der Waals surface area contributed by atoms with Gasteiger partial charge >= 0.3 is 5.69 Å². The Kier molecular flexibility index (Phi) is 6.78. The molecular formula is C20H27ClN4O3. The second-order valence-electron chi connectivity index (χ2n) is 7.06. The number of nitrogens with zero attached hydrogens (tertiary/aromatic N) is 3. The Balaban J connectivity index is 1.62. The van der Waals surface area contributed by atoms with Gasteiger partial charge in [0.1, 0.15) is 11.6 Å². The molecule has 0 bridgehead atoms. The molecule has 1 aromatic carbocycles. The van der Waals surface area contributed by atoms with E-state index in [1.165, 1.54) is 0 Å². The molecule has 0 fully saturated rings. The Morgan fingerprint density at radius 1 is 1.32 bits per heavy atom. The number of nitrogens with one attached hydrogen (secondary N) is 1. The Morgan fingerprint density at radius 2 is 2.14 bits per heavy atom. The average Bonchev–Trinajstić information content (AvgIpc) is 2.85. The lowest BCUT2D eigenvalue weighted by atomic mass is 10.1. The third-order valence-electron chi connectivity index (χ3n) is 4.84. The van der Waals surface area contributed by atoms with Crippen LogP contribution in [0.3, 0.4) is 0 Å². The zero-order chi connectivity index (χ0) is 20.1. The van der Waals surface area contributed by atoms with Crippen LogP contribution in [0.1, 0.15) is 55.7 Å². The van der Waals surface area contributed by atoms with Crippen LogP contribution in [0, 0.1) is 0 Å². The minimum atomic E-state index is -0.170. The normalized spacial score (nSPS) is 16.3. The van der Waals surface area contributed by atoms with E-state index in [0.717, 1.165) is 25.1 Å². The number of carbonyl (C=O) groups is 1. The van der Waals surface area contributed by atoms with E-state index in [-0.39, 0.29) is 17.6 Å². The SMILES string of the molecule is CCCOc1ccc(C(=O)NC2CCc3nn(CCC)c(=O)n3CC2)cc1Cl. The maximum absolute atomic E-state index is 12.6. The van der Waals surface area contributed by atoms with Crippen molar-refractivity contribution >= 4 is 17.5 Å². The summed E-state index contributed by atoms with van der Waals surface area (Å²) < 4.78 is 8.82. The van der Waals surface area contributed by atoms with E-state index in [0.29, 0.717) is 48.9 Å². The summed E-state index contributed by atoms with van der Waals surface area (Å²) in [6.45, 7) is 5.83. The summed E-state index contributed by atoms with van der Waals surface area (Å²) in [5, 5.41) is 7.93. The van der Waals surface area contributed by atoms with E-state index in [1.807, 2.05) is 13.8 Å².